The van der Waals surface area contributed by atoms with E-state index in [9.17, 15) is 0 Å². The molecule has 0 aliphatic carbocycles. The van der Waals surface area contributed by atoms with Gasteiger partial charge < -0.3 is 5.32 Å². The van der Waals surface area contributed by atoms with E-state index in [0.717, 1.165) is 5.69 Å². The Morgan fingerprint density at radius 2 is 1.57 bits per heavy atom. The lowest BCUT2D eigenvalue weighted by atomic mass is 10.1. The van der Waals surface area contributed by atoms with E-state index in [2.05, 4.69) is 41.0 Å². The molecule has 3 aromatic rings. The van der Waals surface area contributed by atoms with Crippen molar-refractivity contribution >= 4 is 40.2 Å². The van der Waals surface area contributed by atoms with Gasteiger partial charge in [0.2, 0.25) is 0 Å². The minimum absolute atomic E-state index is 0.641. The van der Waals surface area contributed by atoms with Gasteiger partial charge in [0, 0.05) is 11.4 Å². The van der Waals surface area contributed by atoms with Gasteiger partial charge in [-0.05, 0) is 34.7 Å². The minimum Gasteiger partial charge on any atom is -0.378 e. The summed E-state index contributed by atoms with van der Waals surface area (Å²) in [4.78, 5) is 1.24. The van der Waals surface area contributed by atoms with Crippen LogP contribution in [-0.2, 0) is 6.54 Å². The van der Waals surface area contributed by atoms with Crippen molar-refractivity contribution < 1.29 is 0 Å². The Morgan fingerprint density at radius 3 is 2.29 bits per heavy atom. The van der Waals surface area contributed by atoms with Crippen LogP contribution in [-0.4, -0.2) is 0 Å². The van der Waals surface area contributed by atoms with Gasteiger partial charge in [0.05, 0.1) is 15.7 Å². The summed E-state index contributed by atoms with van der Waals surface area (Å²) in [6.45, 7) is 0.709. The van der Waals surface area contributed by atoms with E-state index in [1.165, 1.54) is 16.0 Å². The molecule has 0 saturated heterocycles. The van der Waals surface area contributed by atoms with E-state index in [1.807, 2.05) is 24.3 Å². The molecule has 1 N–H and O–H groups in total. The largest absolute Gasteiger partial charge is 0.378 e. The Kier molecular flexibility index (Phi) is 4.49. The number of thiophene rings is 1. The SMILES string of the molecule is Clc1cccc(Cl)c1NCc1cc(-c2ccccc2)cs1. The molecule has 0 spiro atoms. The molecule has 1 heterocycles. The number of rotatable bonds is 4. The maximum Gasteiger partial charge on any atom is 0.0721 e. The fourth-order valence-electron chi connectivity index (χ4n) is 2.10. The average Bonchev–Trinajstić information content (AvgIpc) is 2.97. The lowest BCUT2D eigenvalue weighted by Crippen LogP contribution is -1.98. The zero-order chi connectivity index (χ0) is 14.7. The Morgan fingerprint density at radius 1 is 0.857 bits per heavy atom. The molecule has 3 rings (SSSR count). The molecule has 1 nitrogen and oxygen atoms in total. The topological polar surface area (TPSA) is 12.0 Å². The predicted octanol–water partition coefficient (Wildman–Crippen LogP) is 6.33. The molecule has 0 saturated carbocycles. The first kappa shape index (κ1) is 14.5. The number of halogens is 2. The first-order valence-electron chi connectivity index (χ1n) is 6.55. The Hall–Kier alpha value is -1.48. The van der Waals surface area contributed by atoms with Crippen LogP contribution in [0.3, 0.4) is 0 Å². The molecule has 4 heteroatoms. The summed E-state index contributed by atoms with van der Waals surface area (Å²) in [5.74, 6) is 0. The van der Waals surface area contributed by atoms with Crippen LogP contribution in [0.15, 0.2) is 60.0 Å². The molecule has 0 atom stereocenters. The highest BCUT2D eigenvalue weighted by molar-refractivity contribution is 7.10. The van der Waals surface area contributed by atoms with Crippen molar-refractivity contribution in [2.24, 2.45) is 0 Å². The second-order valence-electron chi connectivity index (χ2n) is 4.62. The van der Waals surface area contributed by atoms with Crippen molar-refractivity contribution in [3.05, 3.63) is 74.9 Å². The zero-order valence-electron chi connectivity index (χ0n) is 11.1. The van der Waals surface area contributed by atoms with Gasteiger partial charge in [0.15, 0.2) is 0 Å². The van der Waals surface area contributed by atoms with Crippen LogP contribution in [0.25, 0.3) is 11.1 Å². The van der Waals surface area contributed by atoms with Crippen molar-refractivity contribution in [2.75, 3.05) is 5.32 Å². The normalized spacial score (nSPS) is 10.6. The quantitative estimate of drug-likeness (QED) is 0.587. The van der Waals surface area contributed by atoms with Gasteiger partial charge in [-0.15, -0.1) is 11.3 Å². The van der Waals surface area contributed by atoms with Crippen molar-refractivity contribution in [1.82, 2.24) is 0 Å². The first-order chi connectivity index (χ1) is 10.2. The molecule has 106 valence electrons. The first-order valence-corrected chi connectivity index (χ1v) is 8.18. The van der Waals surface area contributed by atoms with Crippen LogP contribution >= 0.6 is 34.5 Å². The predicted molar refractivity (Wildman–Crippen MR) is 93.5 cm³/mol. The second kappa shape index (κ2) is 6.52. The number of hydrogen-bond acceptors (Lipinski definition) is 2. The Balaban J connectivity index is 1.74. The van der Waals surface area contributed by atoms with Gasteiger partial charge in [-0.1, -0.05) is 59.6 Å². The molecule has 0 unspecified atom stereocenters. The van der Waals surface area contributed by atoms with Crippen LogP contribution in [0, 0.1) is 0 Å². The highest BCUT2D eigenvalue weighted by Gasteiger charge is 2.06. The Bertz CT molecular complexity index is 717. The fourth-order valence-corrected chi connectivity index (χ4v) is 3.46. The Labute approximate surface area is 138 Å². The van der Waals surface area contributed by atoms with Crippen molar-refractivity contribution in [2.45, 2.75) is 6.54 Å². The summed E-state index contributed by atoms with van der Waals surface area (Å²) in [5.41, 5.74) is 3.26. The van der Waals surface area contributed by atoms with Crippen LogP contribution < -0.4 is 5.32 Å². The minimum atomic E-state index is 0.641. The second-order valence-corrected chi connectivity index (χ2v) is 6.43. The van der Waals surface area contributed by atoms with Crippen LogP contribution in [0.4, 0.5) is 5.69 Å². The summed E-state index contributed by atoms with van der Waals surface area (Å²) < 4.78 is 0. The molecule has 0 aliphatic rings. The number of anilines is 1. The number of para-hydroxylation sites is 1. The van der Waals surface area contributed by atoms with Gasteiger partial charge in [-0.3, -0.25) is 0 Å². The standard InChI is InChI=1S/C17H13Cl2NS/c18-15-7-4-8-16(19)17(15)20-10-14-9-13(11-21-14)12-5-2-1-3-6-12/h1-9,11,20H,10H2. The maximum absolute atomic E-state index is 6.15. The average molecular weight is 334 g/mol. The van der Waals surface area contributed by atoms with Gasteiger partial charge >= 0.3 is 0 Å². The fraction of sp³-hybridized carbons (Fsp3) is 0.0588. The molecule has 1 aromatic heterocycles. The van der Waals surface area contributed by atoms with E-state index in [0.29, 0.717) is 16.6 Å². The smallest absolute Gasteiger partial charge is 0.0721 e. The third kappa shape index (κ3) is 3.41. The molecular formula is C17H13Cl2NS. The molecule has 0 aliphatic heterocycles. The van der Waals surface area contributed by atoms with Gasteiger partial charge in [0.1, 0.15) is 0 Å². The van der Waals surface area contributed by atoms with Crippen LogP contribution in [0.2, 0.25) is 10.0 Å². The van der Waals surface area contributed by atoms with Crippen LogP contribution in [0.5, 0.6) is 0 Å². The lowest BCUT2D eigenvalue weighted by Gasteiger charge is -2.08. The third-order valence-electron chi connectivity index (χ3n) is 3.16. The molecular weight excluding hydrogens is 321 g/mol. The summed E-state index contributed by atoms with van der Waals surface area (Å²) in [6.07, 6.45) is 0. The molecule has 0 fully saturated rings. The van der Waals surface area contributed by atoms with E-state index in [-0.39, 0.29) is 0 Å². The van der Waals surface area contributed by atoms with Crippen LogP contribution in [0.1, 0.15) is 4.88 Å². The van der Waals surface area contributed by atoms with Gasteiger partial charge in [-0.25, -0.2) is 0 Å². The molecule has 0 bridgehead atoms. The van der Waals surface area contributed by atoms with Crippen molar-refractivity contribution in [3.8, 4) is 11.1 Å². The number of hydrogen-bond donors (Lipinski definition) is 1. The maximum atomic E-state index is 6.15. The van der Waals surface area contributed by atoms with Crippen molar-refractivity contribution in [3.63, 3.8) is 0 Å². The van der Waals surface area contributed by atoms with E-state index in [4.69, 9.17) is 23.2 Å². The number of nitrogens with one attached hydrogen (secondary N) is 1. The molecule has 0 amide bonds. The summed E-state index contributed by atoms with van der Waals surface area (Å²) in [5, 5.41) is 6.76. The zero-order valence-corrected chi connectivity index (χ0v) is 13.5. The molecule has 21 heavy (non-hydrogen) atoms. The molecule has 0 radical (unpaired) electrons. The summed E-state index contributed by atoms with van der Waals surface area (Å²) in [6, 6.07) is 18.1. The van der Waals surface area contributed by atoms with Gasteiger partial charge in [0.25, 0.3) is 0 Å². The number of benzene rings is 2. The third-order valence-corrected chi connectivity index (χ3v) is 4.73. The van der Waals surface area contributed by atoms with Crippen molar-refractivity contribution in [1.29, 1.82) is 0 Å². The van der Waals surface area contributed by atoms with E-state index in [1.54, 1.807) is 11.3 Å². The monoisotopic (exact) mass is 333 g/mol. The summed E-state index contributed by atoms with van der Waals surface area (Å²) in [7, 11) is 0. The summed E-state index contributed by atoms with van der Waals surface area (Å²) >= 11 is 14.0. The highest BCUT2D eigenvalue weighted by Crippen LogP contribution is 2.31. The molecule has 2 aromatic carbocycles. The lowest BCUT2D eigenvalue weighted by molar-refractivity contribution is 1.19. The van der Waals surface area contributed by atoms with Gasteiger partial charge in [-0.2, -0.15) is 0 Å². The van der Waals surface area contributed by atoms with E-state index >= 15 is 0 Å². The van der Waals surface area contributed by atoms with E-state index < -0.39 is 0 Å². The highest BCUT2D eigenvalue weighted by atomic mass is 35.5.